The molecule has 9 atom stereocenters. The van der Waals surface area contributed by atoms with Crippen LogP contribution in [0.4, 0.5) is 5.69 Å². The van der Waals surface area contributed by atoms with Crippen LogP contribution in [0.15, 0.2) is 42.2 Å². The molecule has 5 N–H and O–H groups in total. The van der Waals surface area contributed by atoms with E-state index in [2.05, 4.69) is 5.32 Å². The molecule has 9 unspecified atom stereocenters. The molecule has 2 aromatic rings. The Labute approximate surface area is 319 Å². The second-order valence-electron chi connectivity index (χ2n) is 13.4. The van der Waals surface area contributed by atoms with Gasteiger partial charge in [-0.3, -0.25) is 14.4 Å². The molecule has 14 heteroatoms. The maximum absolute atomic E-state index is 13.9. The van der Waals surface area contributed by atoms with Gasteiger partial charge in [-0.05, 0) is 19.9 Å². The van der Waals surface area contributed by atoms with Gasteiger partial charge in [-0.2, -0.15) is 0 Å². The second kappa shape index (κ2) is 16.4. The van der Waals surface area contributed by atoms with Crippen LogP contribution in [-0.2, 0) is 23.8 Å². The average molecular weight is 720 g/mol. The fraction of sp³-hybridized carbons (Fsp3) is 0.486. The number of carbonyl (C=O) groups is 3. The zero-order valence-electron chi connectivity index (χ0n) is 30.6. The quantitative estimate of drug-likeness (QED) is 0.219. The van der Waals surface area contributed by atoms with Crippen LogP contribution in [0.25, 0.3) is 10.8 Å². The standard InChI is InChI=1S/C37H47NO12.Na/c1-16-11-10-12-17(2)36(46)38-23-15-24(40)26-27(32(23)44)31(43)21(6)34-28(26)35(45)37(8,50-34)48-14-13-25(47-9)18(3)33(49-22(7)39)20(5)30(42)19(4)29(16)41;/h10-16,18-20,25,29-30,33,40-44H,1-9H3,(H,38,46);/q;+1/p-1/b11-10-,14-13?,17-12-;. The van der Waals surface area contributed by atoms with Crippen molar-refractivity contribution < 1.29 is 88.4 Å². The number of nitrogens with one attached hydrogen (secondary N) is 1. The Balaban J connectivity index is 0.00000702. The molecule has 5 bridgehead atoms. The Morgan fingerprint density at radius 1 is 1.00 bits per heavy atom. The summed E-state index contributed by atoms with van der Waals surface area (Å²) in [5.41, 5.74) is -0.312. The van der Waals surface area contributed by atoms with Crippen molar-refractivity contribution in [3.8, 4) is 23.0 Å². The number of anilines is 1. The van der Waals surface area contributed by atoms with E-state index < -0.39 is 88.8 Å². The molecule has 5 rings (SSSR count). The van der Waals surface area contributed by atoms with Crippen LogP contribution in [0.2, 0.25) is 0 Å². The van der Waals surface area contributed by atoms with Crippen molar-refractivity contribution in [2.75, 3.05) is 12.4 Å². The molecule has 2 aromatic carbocycles. The van der Waals surface area contributed by atoms with Crippen LogP contribution in [0, 0.1) is 30.6 Å². The first-order valence-corrected chi connectivity index (χ1v) is 16.4. The predicted octanol–water partition coefficient (Wildman–Crippen LogP) is 1.13. The van der Waals surface area contributed by atoms with Crippen LogP contribution in [0.3, 0.4) is 0 Å². The van der Waals surface area contributed by atoms with Crippen molar-refractivity contribution in [2.24, 2.45) is 23.7 Å². The van der Waals surface area contributed by atoms with E-state index in [4.69, 9.17) is 18.9 Å². The minimum absolute atomic E-state index is 0. The summed E-state index contributed by atoms with van der Waals surface area (Å²) < 4.78 is 23.1. The molecule has 3 aliphatic rings. The summed E-state index contributed by atoms with van der Waals surface area (Å²) in [5.74, 6) is -8.49. The van der Waals surface area contributed by atoms with Gasteiger partial charge in [0.15, 0.2) is 0 Å². The van der Waals surface area contributed by atoms with Crippen LogP contribution in [-0.4, -0.2) is 75.4 Å². The van der Waals surface area contributed by atoms with E-state index in [9.17, 15) is 39.9 Å². The topological polar surface area (TPSA) is 204 Å². The molecular formula is C37H46NNaO12. The van der Waals surface area contributed by atoms with Crippen molar-refractivity contribution in [1.82, 2.24) is 0 Å². The van der Waals surface area contributed by atoms with E-state index in [1.807, 2.05) is 0 Å². The number of benzene rings is 2. The average Bonchev–Trinajstić information content (AvgIpc) is 3.33. The summed E-state index contributed by atoms with van der Waals surface area (Å²) in [4.78, 5) is 39.2. The number of phenolic OH excluding ortho intramolecular Hbond substituents is 2. The van der Waals surface area contributed by atoms with Crippen LogP contribution >= 0.6 is 0 Å². The van der Waals surface area contributed by atoms with Crippen LogP contribution in [0.1, 0.15) is 64.4 Å². The Bertz CT molecular complexity index is 1770. The Kier molecular flexibility index (Phi) is 13.4. The number of rotatable bonds is 2. The smallest absolute Gasteiger partial charge is 0.871 e. The molecule has 0 spiro atoms. The number of aliphatic hydroxyl groups excluding tert-OH is 2. The number of esters is 1. The SMILES string of the molecule is COC1C=COC2(C)Oc3c(C)c(O)c4c([O-])c(cc(O)c4c3C2=O)NC(=O)/C(C)=C\C=C/C(C)C(O)C(C)C(O)C(C)C(OC(C)=O)C1C.[Na+]. The van der Waals surface area contributed by atoms with Crippen LogP contribution in [0.5, 0.6) is 23.0 Å². The molecule has 0 fully saturated rings. The predicted molar refractivity (Wildman–Crippen MR) is 182 cm³/mol. The van der Waals surface area contributed by atoms with Gasteiger partial charge in [0, 0.05) is 78.3 Å². The summed E-state index contributed by atoms with van der Waals surface area (Å²) in [6.07, 6.45) is 3.52. The van der Waals surface area contributed by atoms with Crippen molar-refractivity contribution in [1.29, 1.82) is 0 Å². The molecule has 0 saturated heterocycles. The van der Waals surface area contributed by atoms with Gasteiger partial charge in [0.05, 0.1) is 30.1 Å². The fourth-order valence-corrected chi connectivity index (χ4v) is 6.64. The first kappa shape index (κ1) is 41.8. The summed E-state index contributed by atoms with van der Waals surface area (Å²) >= 11 is 0. The number of ketones is 1. The van der Waals surface area contributed by atoms with Gasteiger partial charge in [-0.1, -0.05) is 51.7 Å². The Morgan fingerprint density at radius 3 is 2.25 bits per heavy atom. The number of carbonyl (C=O) groups excluding carboxylic acids is 3. The normalized spacial score (nSPS) is 31.9. The minimum atomic E-state index is -2.00. The summed E-state index contributed by atoms with van der Waals surface area (Å²) in [7, 11) is 1.43. The first-order chi connectivity index (χ1) is 23.4. The molecule has 3 aliphatic heterocycles. The van der Waals surface area contributed by atoms with Crippen molar-refractivity contribution in [3.05, 3.63) is 53.3 Å². The molecule has 0 radical (unpaired) electrons. The van der Waals surface area contributed by atoms with E-state index in [1.165, 1.54) is 53.2 Å². The van der Waals surface area contributed by atoms with Gasteiger partial charge >= 0.3 is 41.3 Å². The summed E-state index contributed by atoms with van der Waals surface area (Å²) in [5, 5.41) is 60.2. The number of aromatic hydroxyl groups is 2. The maximum atomic E-state index is 13.9. The van der Waals surface area contributed by atoms with Crippen molar-refractivity contribution in [3.63, 3.8) is 0 Å². The third-order valence-corrected chi connectivity index (χ3v) is 9.82. The number of phenols is 2. The third-order valence-electron chi connectivity index (χ3n) is 9.82. The van der Waals surface area contributed by atoms with E-state index in [0.717, 1.165) is 6.07 Å². The third kappa shape index (κ3) is 8.08. The number of Topliss-reactive ketones (excluding diaryl/α,β-unsaturated/α-hetero) is 1. The molecule has 51 heavy (non-hydrogen) atoms. The monoisotopic (exact) mass is 719 g/mol. The number of fused-ring (bicyclic) bond motifs is 14. The van der Waals surface area contributed by atoms with Gasteiger partial charge in [0.25, 0.3) is 11.7 Å². The zero-order valence-corrected chi connectivity index (χ0v) is 32.6. The molecule has 0 aromatic heterocycles. The van der Waals surface area contributed by atoms with Gasteiger partial charge < -0.3 is 49.8 Å². The number of amides is 1. The van der Waals surface area contributed by atoms with Crippen molar-refractivity contribution >= 4 is 34.1 Å². The molecule has 272 valence electrons. The Hall–Kier alpha value is -3.59. The molecular weight excluding hydrogens is 673 g/mol. The van der Waals surface area contributed by atoms with Gasteiger partial charge in [-0.15, -0.1) is 0 Å². The molecule has 0 saturated carbocycles. The molecule has 0 aliphatic carbocycles. The van der Waals surface area contributed by atoms with E-state index in [-0.39, 0.29) is 68.5 Å². The molecule has 13 nitrogen and oxygen atoms in total. The van der Waals surface area contributed by atoms with E-state index in [0.29, 0.717) is 0 Å². The number of hydrogen-bond donors (Lipinski definition) is 5. The number of aliphatic hydroxyl groups is 2. The van der Waals surface area contributed by atoms with Gasteiger partial charge in [0.1, 0.15) is 23.4 Å². The van der Waals surface area contributed by atoms with Gasteiger partial charge in [0.2, 0.25) is 0 Å². The number of ether oxygens (including phenoxy) is 4. The summed E-state index contributed by atoms with van der Waals surface area (Å²) in [6.45, 7) is 12.4. The van der Waals surface area contributed by atoms with Gasteiger partial charge in [-0.25, -0.2) is 0 Å². The number of allylic oxidation sites excluding steroid dienone is 2. The maximum Gasteiger partial charge on any atom is 1.00 e. The number of hydrogen-bond acceptors (Lipinski definition) is 12. The number of methoxy groups -OCH3 is 1. The summed E-state index contributed by atoms with van der Waals surface area (Å²) in [6, 6.07) is 0.999. The largest absolute Gasteiger partial charge is 1.00 e. The second-order valence-corrected chi connectivity index (χ2v) is 13.4. The molecule has 1 amide bonds. The fourth-order valence-electron chi connectivity index (χ4n) is 6.64. The van der Waals surface area contributed by atoms with Crippen LogP contribution < -0.4 is 44.7 Å². The zero-order chi connectivity index (χ0) is 37.4. The molecule has 3 heterocycles. The van der Waals surface area contributed by atoms with E-state index >= 15 is 0 Å². The van der Waals surface area contributed by atoms with E-state index in [1.54, 1.807) is 39.8 Å². The van der Waals surface area contributed by atoms with Crippen molar-refractivity contribution in [2.45, 2.75) is 85.6 Å². The Morgan fingerprint density at radius 2 is 1.65 bits per heavy atom. The minimum Gasteiger partial charge on any atom is -0.871 e. The first-order valence-electron chi connectivity index (χ1n) is 16.4.